The van der Waals surface area contributed by atoms with Gasteiger partial charge in [-0.05, 0) is 127 Å². The minimum atomic E-state index is -0.860. The van der Waals surface area contributed by atoms with Crippen LogP contribution in [-0.2, 0) is 0 Å². The smallest absolute Gasteiger partial charge is 0.335 e. The molecule has 0 heterocycles. The van der Waals surface area contributed by atoms with Crippen LogP contribution in [0.5, 0.6) is 0 Å². The molecule has 4 saturated carbocycles. The van der Waals surface area contributed by atoms with Crippen molar-refractivity contribution in [3.05, 3.63) is 41.5 Å². The summed E-state index contributed by atoms with van der Waals surface area (Å²) in [6.45, 7) is 10.7. The summed E-state index contributed by atoms with van der Waals surface area (Å²) in [4.78, 5) is 11.4. The van der Waals surface area contributed by atoms with E-state index in [9.17, 15) is 14.3 Å². The molecule has 0 aliphatic heterocycles. The molecule has 0 aromatic heterocycles. The average Bonchev–Trinajstić information content (AvgIpc) is 3.32. The van der Waals surface area contributed by atoms with Crippen LogP contribution in [0.15, 0.2) is 30.3 Å². The highest BCUT2D eigenvalue weighted by Crippen LogP contribution is 2.75. The Bertz CT molecular complexity index is 1110. The van der Waals surface area contributed by atoms with E-state index in [4.69, 9.17) is 0 Å². The van der Waals surface area contributed by atoms with Crippen LogP contribution in [0.4, 0.5) is 4.39 Å². The predicted octanol–water partition coefficient (Wildman–Crippen LogP) is 8.15. The normalized spacial score (nSPS) is 45.8. The molecule has 3 nitrogen and oxygen atoms in total. The van der Waals surface area contributed by atoms with Gasteiger partial charge in [0.1, 0.15) is 6.67 Å². The van der Waals surface area contributed by atoms with Gasteiger partial charge in [-0.2, -0.15) is 0 Å². The van der Waals surface area contributed by atoms with E-state index in [1.165, 1.54) is 68.9 Å². The van der Waals surface area contributed by atoms with Gasteiger partial charge in [0.25, 0.3) is 0 Å². The number of nitrogens with one attached hydrogen (secondary N) is 1. The van der Waals surface area contributed by atoms with Crippen LogP contribution in [0.25, 0.3) is 5.57 Å². The maximum Gasteiger partial charge on any atom is 0.335 e. The Morgan fingerprint density at radius 3 is 2.42 bits per heavy atom. The van der Waals surface area contributed by atoms with Gasteiger partial charge in [-0.25, -0.2) is 9.18 Å². The van der Waals surface area contributed by atoms with Gasteiger partial charge in [0.05, 0.1) is 5.56 Å². The van der Waals surface area contributed by atoms with Crippen LogP contribution < -0.4 is 5.32 Å². The molecular weight excluding hydrogens is 473 g/mol. The number of carbonyl (C=O) groups is 1. The van der Waals surface area contributed by atoms with E-state index >= 15 is 0 Å². The van der Waals surface area contributed by atoms with Crippen LogP contribution >= 0.6 is 0 Å². The molecule has 1 aromatic rings. The zero-order valence-electron chi connectivity index (χ0n) is 24.0. The molecule has 2 N–H and O–H groups in total. The molecule has 1 aromatic carbocycles. The summed E-state index contributed by atoms with van der Waals surface area (Å²) in [6.07, 6.45) is 15.3. The number of carboxylic acids is 1. The quantitative estimate of drug-likeness (QED) is 0.411. The fourth-order valence-corrected chi connectivity index (χ4v) is 11.6. The number of benzene rings is 1. The molecule has 0 saturated heterocycles. The molecule has 0 radical (unpaired) electrons. The number of allylic oxidation sites excluding steroid dienone is 2. The second kappa shape index (κ2) is 9.18. The number of rotatable bonds is 5. The van der Waals surface area contributed by atoms with Crippen molar-refractivity contribution >= 4 is 11.5 Å². The zero-order valence-corrected chi connectivity index (χ0v) is 24.0. The molecule has 5 aliphatic carbocycles. The van der Waals surface area contributed by atoms with Gasteiger partial charge in [-0.1, -0.05) is 52.3 Å². The molecule has 9 atom stereocenters. The first-order valence-corrected chi connectivity index (χ1v) is 15.4. The van der Waals surface area contributed by atoms with E-state index in [2.05, 4.69) is 39.1 Å². The lowest BCUT2D eigenvalue weighted by molar-refractivity contribution is -0.211. The summed E-state index contributed by atoms with van der Waals surface area (Å²) in [7, 11) is 0. The second-order valence-electron chi connectivity index (χ2n) is 14.5. The lowest BCUT2D eigenvalue weighted by Gasteiger charge is -2.71. The molecule has 0 bridgehead atoms. The van der Waals surface area contributed by atoms with E-state index in [1.807, 2.05) is 12.1 Å². The highest BCUT2D eigenvalue weighted by atomic mass is 19.1. The molecule has 4 fully saturated rings. The topological polar surface area (TPSA) is 49.3 Å². The molecular formula is C34H48FNO2. The Hall–Kier alpha value is -1.68. The molecule has 5 aliphatic rings. The van der Waals surface area contributed by atoms with Crippen molar-refractivity contribution in [1.29, 1.82) is 0 Å². The number of hydrogen-bond acceptors (Lipinski definition) is 2. The Kier molecular flexibility index (Phi) is 6.41. The lowest BCUT2D eigenvalue weighted by Crippen LogP contribution is -2.67. The van der Waals surface area contributed by atoms with Gasteiger partial charge in [-0.3, -0.25) is 0 Å². The minimum absolute atomic E-state index is 0.188. The van der Waals surface area contributed by atoms with E-state index in [1.54, 1.807) is 12.1 Å². The first-order valence-electron chi connectivity index (χ1n) is 15.4. The van der Waals surface area contributed by atoms with Crippen LogP contribution in [0, 0.1) is 45.8 Å². The third-order valence-electron chi connectivity index (χ3n) is 13.6. The Morgan fingerprint density at radius 2 is 1.71 bits per heavy atom. The van der Waals surface area contributed by atoms with Gasteiger partial charge in [0.15, 0.2) is 0 Å². The second-order valence-corrected chi connectivity index (χ2v) is 14.5. The fourth-order valence-electron chi connectivity index (χ4n) is 11.6. The number of halogens is 1. The van der Waals surface area contributed by atoms with Crippen LogP contribution in [0.1, 0.15) is 108 Å². The summed E-state index contributed by atoms with van der Waals surface area (Å²) < 4.78 is 13.2. The number of alkyl halides is 1. The van der Waals surface area contributed by atoms with E-state index < -0.39 is 5.97 Å². The zero-order chi connectivity index (χ0) is 26.9. The van der Waals surface area contributed by atoms with Crippen molar-refractivity contribution in [3.63, 3.8) is 0 Å². The Morgan fingerprint density at radius 1 is 0.947 bits per heavy atom. The number of fused-ring (bicyclic) bond motifs is 7. The first kappa shape index (κ1) is 26.5. The van der Waals surface area contributed by atoms with Crippen molar-refractivity contribution in [2.24, 2.45) is 45.8 Å². The van der Waals surface area contributed by atoms with Gasteiger partial charge in [-0.15, -0.1) is 0 Å². The standard InChI is InChI=1S/C34H48FNO2/c1-22-25(23-7-9-24(10-8-23)30(37)38)13-16-31(2)26(22)14-17-33(4)29(31)12-11-27-28-6-5-15-34(28,36-21-20-35)19-18-32(27,33)3/h7-10,13,22,26-29,36H,5-6,11-12,14-21H2,1-4H3,(H,37,38)/t22?,26?,27?,28?,29?,31?,32-,33?,34?/m1/s1. The van der Waals surface area contributed by atoms with Gasteiger partial charge < -0.3 is 10.4 Å². The minimum Gasteiger partial charge on any atom is -0.478 e. The van der Waals surface area contributed by atoms with E-state index in [0.29, 0.717) is 46.1 Å². The molecule has 6 rings (SSSR count). The predicted molar refractivity (Wildman–Crippen MR) is 152 cm³/mol. The summed E-state index contributed by atoms with van der Waals surface area (Å²) in [5.74, 6) is 2.49. The molecule has 38 heavy (non-hydrogen) atoms. The van der Waals surface area contributed by atoms with Crippen molar-refractivity contribution in [3.8, 4) is 0 Å². The fraction of sp³-hybridized carbons (Fsp3) is 0.735. The Labute approximate surface area is 229 Å². The third-order valence-corrected chi connectivity index (χ3v) is 13.6. The largest absolute Gasteiger partial charge is 0.478 e. The van der Waals surface area contributed by atoms with Crippen molar-refractivity contribution in [2.75, 3.05) is 13.2 Å². The third kappa shape index (κ3) is 3.57. The summed E-state index contributed by atoms with van der Waals surface area (Å²) in [5, 5.41) is 13.1. The van der Waals surface area contributed by atoms with Crippen molar-refractivity contribution in [1.82, 2.24) is 5.32 Å². The molecule has 0 spiro atoms. The summed E-state index contributed by atoms with van der Waals surface area (Å²) in [5.41, 5.74) is 4.18. The molecule has 0 amide bonds. The van der Waals surface area contributed by atoms with E-state index in [-0.39, 0.29) is 12.2 Å². The number of aromatic carboxylic acids is 1. The lowest BCUT2D eigenvalue weighted by atomic mass is 9.34. The molecule has 4 heteroatoms. The number of hydrogen-bond donors (Lipinski definition) is 2. The van der Waals surface area contributed by atoms with Crippen LogP contribution in [0.2, 0.25) is 0 Å². The summed E-state index contributed by atoms with van der Waals surface area (Å²) >= 11 is 0. The maximum absolute atomic E-state index is 13.2. The summed E-state index contributed by atoms with van der Waals surface area (Å²) in [6, 6.07) is 7.54. The monoisotopic (exact) mass is 521 g/mol. The van der Waals surface area contributed by atoms with Gasteiger partial charge in [0.2, 0.25) is 0 Å². The van der Waals surface area contributed by atoms with Crippen LogP contribution in [0.3, 0.4) is 0 Å². The van der Waals surface area contributed by atoms with Gasteiger partial charge >= 0.3 is 5.97 Å². The van der Waals surface area contributed by atoms with Crippen LogP contribution in [-0.4, -0.2) is 29.8 Å². The number of carboxylic acid groups (broad SMARTS) is 1. The van der Waals surface area contributed by atoms with Crippen molar-refractivity contribution in [2.45, 2.75) is 97.4 Å². The van der Waals surface area contributed by atoms with Crippen molar-refractivity contribution < 1.29 is 14.3 Å². The van der Waals surface area contributed by atoms with E-state index in [0.717, 1.165) is 18.3 Å². The highest BCUT2D eigenvalue weighted by Gasteiger charge is 2.68. The molecule has 208 valence electrons. The molecule has 8 unspecified atom stereocenters. The Balaban J connectivity index is 1.30. The SMILES string of the molecule is CC1C(c2ccc(C(=O)O)cc2)=CCC2(C)C1CCC1(C)C2CCC2C3CCCC3(NCCF)CC[C@]21C. The average molecular weight is 522 g/mol. The highest BCUT2D eigenvalue weighted by molar-refractivity contribution is 5.88. The van der Waals surface area contributed by atoms with Gasteiger partial charge in [0, 0.05) is 12.1 Å². The maximum atomic E-state index is 13.2. The first-order chi connectivity index (χ1) is 18.1.